The summed E-state index contributed by atoms with van der Waals surface area (Å²) in [5.74, 6) is 1.13. The van der Waals surface area contributed by atoms with E-state index in [1.807, 2.05) is 47.6 Å². The summed E-state index contributed by atoms with van der Waals surface area (Å²) in [5.41, 5.74) is 0. The van der Waals surface area contributed by atoms with E-state index in [0.717, 1.165) is 19.5 Å². The molecule has 0 bridgehead atoms. The van der Waals surface area contributed by atoms with Gasteiger partial charge in [-0.15, -0.1) is 23.5 Å². The molecule has 1 N–H and O–H groups in total. The van der Waals surface area contributed by atoms with Gasteiger partial charge in [0.05, 0.1) is 5.75 Å². The van der Waals surface area contributed by atoms with Gasteiger partial charge in [-0.25, -0.2) is 0 Å². The summed E-state index contributed by atoms with van der Waals surface area (Å²) in [4.78, 5) is 17.7. The first kappa shape index (κ1) is 21.5. The molecule has 0 heterocycles. The van der Waals surface area contributed by atoms with Crippen molar-refractivity contribution in [2.75, 3.05) is 40.0 Å². The largest absolute Gasteiger partial charge is 0.508 e. The Balaban J connectivity index is 1.79. The molecule has 6 heteroatoms. The molecule has 0 spiro atoms. The molecule has 2 rings (SSSR count). The molecule has 1 amide bonds. The highest BCUT2D eigenvalue weighted by molar-refractivity contribution is 8.04. The van der Waals surface area contributed by atoms with E-state index < -0.39 is 0 Å². The molecule has 4 nitrogen and oxygen atoms in total. The van der Waals surface area contributed by atoms with Crippen LogP contribution in [-0.2, 0) is 4.79 Å². The quantitative estimate of drug-likeness (QED) is 0.685. The lowest BCUT2D eigenvalue weighted by Crippen LogP contribution is -2.33. The number of hydrogen-bond acceptors (Lipinski definition) is 5. The molecule has 26 heavy (non-hydrogen) atoms. The number of nitrogens with zero attached hydrogens (tertiary/aromatic N) is 2. The van der Waals surface area contributed by atoms with E-state index >= 15 is 0 Å². The zero-order valence-electron chi connectivity index (χ0n) is 16.2. The van der Waals surface area contributed by atoms with Crippen molar-refractivity contribution in [2.24, 2.45) is 0 Å². The van der Waals surface area contributed by atoms with Crippen molar-refractivity contribution in [1.82, 2.24) is 9.80 Å². The third kappa shape index (κ3) is 7.41. The van der Waals surface area contributed by atoms with Crippen molar-refractivity contribution >= 4 is 29.4 Å². The van der Waals surface area contributed by atoms with E-state index in [1.165, 1.54) is 30.6 Å². The van der Waals surface area contributed by atoms with Gasteiger partial charge >= 0.3 is 0 Å². The molecule has 2 atom stereocenters. The van der Waals surface area contributed by atoms with E-state index in [1.54, 1.807) is 12.1 Å². The highest BCUT2D eigenvalue weighted by atomic mass is 32.2. The Morgan fingerprint density at radius 3 is 2.38 bits per heavy atom. The van der Waals surface area contributed by atoms with Gasteiger partial charge < -0.3 is 14.9 Å². The molecule has 1 saturated carbocycles. The van der Waals surface area contributed by atoms with Crippen LogP contribution in [0.3, 0.4) is 0 Å². The maximum Gasteiger partial charge on any atom is 0.232 e. The molecule has 1 aliphatic carbocycles. The Hall–Kier alpha value is -0.850. The number of hydrogen-bond donors (Lipinski definition) is 1. The highest BCUT2D eigenvalue weighted by Crippen LogP contribution is 2.39. The predicted molar refractivity (Wildman–Crippen MR) is 113 cm³/mol. The molecule has 1 aromatic rings. The van der Waals surface area contributed by atoms with Gasteiger partial charge in [-0.3, -0.25) is 4.79 Å². The Bertz CT molecular complexity index is 551. The number of phenolic OH excluding ortho intramolecular Hbond substituents is 1. The van der Waals surface area contributed by atoms with Gasteiger partial charge in [0.15, 0.2) is 0 Å². The van der Waals surface area contributed by atoms with Crippen LogP contribution in [0.15, 0.2) is 29.2 Å². The topological polar surface area (TPSA) is 43.8 Å². The first-order chi connectivity index (χ1) is 12.5. The first-order valence-corrected chi connectivity index (χ1v) is 11.3. The average molecular weight is 397 g/mol. The third-order valence-electron chi connectivity index (χ3n) is 4.71. The SMILES string of the molecule is CN(C)CCCN(C)C(=O)CSC1CCCCC1Sc1ccc(O)cc1. The summed E-state index contributed by atoms with van der Waals surface area (Å²) < 4.78 is 0. The molecule has 0 saturated heterocycles. The molecule has 1 fully saturated rings. The van der Waals surface area contributed by atoms with Gasteiger partial charge in [0.1, 0.15) is 5.75 Å². The molecule has 0 aromatic heterocycles. The Morgan fingerprint density at radius 2 is 1.73 bits per heavy atom. The van der Waals surface area contributed by atoms with Gasteiger partial charge in [-0.1, -0.05) is 12.8 Å². The van der Waals surface area contributed by atoms with Gasteiger partial charge in [0, 0.05) is 29.0 Å². The van der Waals surface area contributed by atoms with Gasteiger partial charge in [-0.2, -0.15) is 0 Å². The first-order valence-electron chi connectivity index (χ1n) is 9.41. The Morgan fingerprint density at radius 1 is 1.08 bits per heavy atom. The molecule has 0 aliphatic heterocycles. The minimum atomic E-state index is 0.243. The second kappa shape index (κ2) is 11.1. The van der Waals surface area contributed by atoms with E-state index in [4.69, 9.17) is 0 Å². The van der Waals surface area contributed by atoms with Crippen LogP contribution >= 0.6 is 23.5 Å². The molecule has 146 valence electrons. The van der Waals surface area contributed by atoms with Crippen LogP contribution in [0.1, 0.15) is 32.1 Å². The van der Waals surface area contributed by atoms with Crippen LogP contribution in [0.2, 0.25) is 0 Å². The highest BCUT2D eigenvalue weighted by Gasteiger charge is 2.27. The molecule has 0 radical (unpaired) electrons. The lowest BCUT2D eigenvalue weighted by molar-refractivity contribution is -0.127. The zero-order valence-corrected chi connectivity index (χ0v) is 17.8. The van der Waals surface area contributed by atoms with Crippen molar-refractivity contribution in [1.29, 1.82) is 0 Å². The lowest BCUT2D eigenvalue weighted by Gasteiger charge is -2.31. The predicted octanol–water partition coefficient (Wildman–Crippen LogP) is 3.94. The van der Waals surface area contributed by atoms with Crippen LogP contribution in [0, 0.1) is 0 Å². The second-order valence-corrected chi connectivity index (χ2v) is 9.80. The maximum absolute atomic E-state index is 12.4. The van der Waals surface area contributed by atoms with Crippen LogP contribution < -0.4 is 0 Å². The second-order valence-electron chi connectivity index (χ2n) is 7.26. The average Bonchev–Trinajstić information content (AvgIpc) is 2.62. The summed E-state index contributed by atoms with van der Waals surface area (Å²) >= 11 is 3.73. The molecule has 2 unspecified atom stereocenters. The molecular formula is C20H32N2O2S2. The van der Waals surface area contributed by atoms with Crippen LogP contribution in [0.5, 0.6) is 5.75 Å². The number of carbonyl (C=O) groups is 1. The van der Waals surface area contributed by atoms with E-state index in [9.17, 15) is 9.90 Å². The summed E-state index contributed by atoms with van der Waals surface area (Å²) in [6.45, 7) is 1.84. The number of aromatic hydroxyl groups is 1. The normalized spacial score (nSPS) is 20.3. The minimum absolute atomic E-state index is 0.243. The fourth-order valence-electron chi connectivity index (χ4n) is 3.13. The smallest absolute Gasteiger partial charge is 0.232 e. The van der Waals surface area contributed by atoms with E-state index in [0.29, 0.717) is 22.0 Å². The number of phenols is 1. The van der Waals surface area contributed by atoms with Crippen molar-refractivity contribution in [2.45, 2.75) is 47.5 Å². The van der Waals surface area contributed by atoms with Crippen LogP contribution in [-0.4, -0.2) is 71.3 Å². The van der Waals surface area contributed by atoms with E-state index in [2.05, 4.69) is 19.0 Å². The van der Waals surface area contributed by atoms with Gasteiger partial charge in [0.25, 0.3) is 0 Å². The lowest BCUT2D eigenvalue weighted by atomic mass is 10.00. The molecule has 1 aliphatic rings. The molecule has 1 aromatic carbocycles. The summed E-state index contributed by atoms with van der Waals surface area (Å²) in [6.07, 6.45) is 5.94. The maximum atomic E-state index is 12.4. The zero-order chi connectivity index (χ0) is 18.9. The minimum Gasteiger partial charge on any atom is -0.508 e. The van der Waals surface area contributed by atoms with Crippen molar-refractivity contribution in [3.63, 3.8) is 0 Å². The standard InChI is InChI=1S/C20H32N2O2S2/c1-21(2)13-6-14-22(3)20(24)15-25-18-7-4-5-8-19(18)26-17-11-9-16(23)10-12-17/h9-12,18-19,23H,4-8,13-15H2,1-3H3. The summed E-state index contributed by atoms with van der Waals surface area (Å²) in [7, 11) is 6.04. The van der Waals surface area contributed by atoms with Crippen LogP contribution in [0.25, 0.3) is 0 Å². The Labute approximate surface area is 166 Å². The number of benzene rings is 1. The number of carbonyl (C=O) groups excluding carboxylic acids is 1. The fraction of sp³-hybridized carbons (Fsp3) is 0.650. The number of rotatable bonds is 9. The fourth-order valence-corrected chi connectivity index (χ4v) is 6.00. The van der Waals surface area contributed by atoms with Gasteiger partial charge in [-0.05, 0) is 64.2 Å². The summed E-state index contributed by atoms with van der Waals surface area (Å²) in [6, 6.07) is 7.47. The third-order valence-corrected chi connectivity index (χ3v) is 7.70. The summed E-state index contributed by atoms with van der Waals surface area (Å²) in [5, 5.41) is 10.5. The van der Waals surface area contributed by atoms with Gasteiger partial charge in [0.2, 0.25) is 5.91 Å². The van der Waals surface area contributed by atoms with Crippen molar-refractivity contribution in [3.8, 4) is 5.75 Å². The van der Waals surface area contributed by atoms with Crippen molar-refractivity contribution < 1.29 is 9.90 Å². The number of thioether (sulfide) groups is 2. The monoisotopic (exact) mass is 396 g/mol. The van der Waals surface area contributed by atoms with E-state index in [-0.39, 0.29) is 5.91 Å². The van der Waals surface area contributed by atoms with Crippen molar-refractivity contribution in [3.05, 3.63) is 24.3 Å². The number of amides is 1. The Kier molecular flexibility index (Phi) is 9.16. The van der Waals surface area contributed by atoms with Crippen LogP contribution in [0.4, 0.5) is 0 Å². The molecular weight excluding hydrogens is 364 g/mol.